The summed E-state index contributed by atoms with van der Waals surface area (Å²) in [6, 6.07) is 2.23. The van der Waals surface area contributed by atoms with Crippen molar-refractivity contribution in [1.29, 1.82) is 0 Å². The van der Waals surface area contributed by atoms with Crippen molar-refractivity contribution >= 4 is 11.7 Å². The van der Waals surface area contributed by atoms with E-state index in [0.717, 1.165) is 0 Å². The van der Waals surface area contributed by atoms with Crippen LogP contribution in [0.25, 0.3) is 0 Å². The van der Waals surface area contributed by atoms with Crippen molar-refractivity contribution in [2.75, 3.05) is 25.0 Å². The van der Waals surface area contributed by atoms with Gasteiger partial charge in [0.25, 0.3) is 0 Å². The van der Waals surface area contributed by atoms with E-state index in [1.54, 1.807) is 13.0 Å². The number of hydrogen-bond donors (Lipinski definition) is 2. The summed E-state index contributed by atoms with van der Waals surface area (Å²) in [4.78, 5) is 14.0. The van der Waals surface area contributed by atoms with Crippen LogP contribution in [0.4, 0.5) is 5.82 Å². The molecule has 106 valence electrons. The predicted octanol–water partition coefficient (Wildman–Crippen LogP) is 1.16. The van der Waals surface area contributed by atoms with E-state index in [1.165, 1.54) is 19.3 Å². The first kappa shape index (κ1) is 14.0. The number of carbonyl (C=O) groups excluding carboxylic acids is 1. The lowest BCUT2D eigenvalue weighted by atomic mass is 9.91. The van der Waals surface area contributed by atoms with Crippen LogP contribution in [0.2, 0.25) is 0 Å². The first-order chi connectivity index (χ1) is 9.19. The van der Waals surface area contributed by atoms with Crippen LogP contribution in [0.15, 0.2) is 10.6 Å². The van der Waals surface area contributed by atoms with Crippen LogP contribution in [0, 0.1) is 6.92 Å². The summed E-state index contributed by atoms with van der Waals surface area (Å²) in [5.41, 5.74) is 0. The fourth-order valence-electron chi connectivity index (χ4n) is 2.23. The molecule has 1 amide bonds. The Hall–Kier alpha value is -1.40. The van der Waals surface area contributed by atoms with Crippen LogP contribution in [-0.2, 0) is 4.79 Å². The minimum absolute atomic E-state index is 0.0736. The Morgan fingerprint density at radius 1 is 1.58 bits per heavy atom. The number of anilines is 1. The van der Waals surface area contributed by atoms with Gasteiger partial charge in [0.15, 0.2) is 5.82 Å². The van der Waals surface area contributed by atoms with Gasteiger partial charge in [-0.2, -0.15) is 0 Å². The zero-order chi connectivity index (χ0) is 13.7. The second-order valence-corrected chi connectivity index (χ2v) is 4.97. The summed E-state index contributed by atoms with van der Waals surface area (Å²) in [5.74, 6) is 1.06. The maximum Gasteiger partial charge on any atom is 0.226 e. The molecule has 0 aliphatic heterocycles. The molecule has 1 aromatic rings. The Morgan fingerprint density at radius 2 is 2.37 bits per heavy atom. The number of carbonyl (C=O) groups is 1. The highest BCUT2D eigenvalue weighted by Gasteiger charge is 2.24. The molecule has 0 aromatic carbocycles. The SMILES string of the molecule is Cc1cc(NC(=O)CCN(CCO)C2CCC2)no1. The summed E-state index contributed by atoms with van der Waals surface area (Å²) in [6.45, 7) is 3.23. The number of aliphatic hydroxyl groups excluding tert-OH is 1. The van der Waals surface area contributed by atoms with Gasteiger partial charge in [0.2, 0.25) is 5.91 Å². The molecule has 0 bridgehead atoms. The molecular weight excluding hydrogens is 246 g/mol. The summed E-state index contributed by atoms with van der Waals surface area (Å²) in [5, 5.41) is 15.5. The van der Waals surface area contributed by atoms with Crippen molar-refractivity contribution in [3.8, 4) is 0 Å². The predicted molar refractivity (Wildman–Crippen MR) is 70.8 cm³/mol. The Kier molecular flexibility index (Phi) is 4.93. The van der Waals surface area contributed by atoms with Crippen LogP contribution in [-0.4, -0.2) is 46.8 Å². The zero-order valence-corrected chi connectivity index (χ0v) is 11.3. The summed E-state index contributed by atoms with van der Waals surface area (Å²) in [6.07, 6.45) is 3.99. The van der Waals surface area contributed by atoms with Crippen LogP contribution < -0.4 is 5.32 Å². The van der Waals surface area contributed by atoms with Crippen molar-refractivity contribution in [2.24, 2.45) is 0 Å². The lowest BCUT2D eigenvalue weighted by Crippen LogP contribution is -2.43. The number of aryl methyl sites for hydroxylation is 1. The van der Waals surface area contributed by atoms with Crippen molar-refractivity contribution < 1.29 is 14.4 Å². The third-order valence-electron chi connectivity index (χ3n) is 3.50. The largest absolute Gasteiger partial charge is 0.395 e. The minimum atomic E-state index is -0.0736. The van der Waals surface area contributed by atoms with E-state index < -0.39 is 0 Å². The third-order valence-corrected chi connectivity index (χ3v) is 3.50. The Balaban J connectivity index is 1.74. The van der Waals surface area contributed by atoms with Crippen molar-refractivity contribution in [1.82, 2.24) is 10.1 Å². The van der Waals surface area contributed by atoms with Gasteiger partial charge in [-0.3, -0.25) is 9.69 Å². The van der Waals surface area contributed by atoms with Crippen LogP contribution in [0.5, 0.6) is 0 Å². The molecule has 2 rings (SSSR count). The van der Waals surface area contributed by atoms with Gasteiger partial charge < -0.3 is 14.9 Å². The molecule has 1 fully saturated rings. The van der Waals surface area contributed by atoms with Crippen molar-refractivity contribution in [3.05, 3.63) is 11.8 Å². The molecule has 0 unspecified atom stereocenters. The number of aliphatic hydroxyl groups is 1. The van der Waals surface area contributed by atoms with E-state index in [4.69, 9.17) is 9.63 Å². The number of rotatable bonds is 7. The first-order valence-electron chi connectivity index (χ1n) is 6.77. The van der Waals surface area contributed by atoms with E-state index in [2.05, 4.69) is 15.4 Å². The monoisotopic (exact) mass is 267 g/mol. The molecule has 2 N–H and O–H groups in total. The Morgan fingerprint density at radius 3 is 2.89 bits per heavy atom. The van der Waals surface area contributed by atoms with Gasteiger partial charge in [-0.05, 0) is 19.8 Å². The molecule has 6 nitrogen and oxygen atoms in total. The van der Waals surface area contributed by atoms with E-state index in [-0.39, 0.29) is 12.5 Å². The molecule has 0 radical (unpaired) electrons. The fraction of sp³-hybridized carbons (Fsp3) is 0.692. The first-order valence-corrected chi connectivity index (χ1v) is 6.77. The highest BCUT2D eigenvalue weighted by molar-refractivity contribution is 5.89. The maximum atomic E-state index is 11.8. The molecule has 6 heteroatoms. The molecular formula is C13H21N3O3. The number of hydrogen-bond acceptors (Lipinski definition) is 5. The van der Waals surface area contributed by atoms with Crippen molar-refractivity contribution in [2.45, 2.75) is 38.6 Å². The summed E-state index contributed by atoms with van der Waals surface area (Å²) >= 11 is 0. The molecule has 0 spiro atoms. The molecule has 1 aliphatic rings. The number of nitrogens with zero attached hydrogens (tertiary/aromatic N) is 2. The lowest BCUT2D eigenvalue weighted by molar-refractivity contribution is -0.116. The van der Waals surface area contributed by atoms with Gasteiger partial charge in [-0.15, -0.1) is 0 Å². The van der Waals surface area contributed by atoms with Crippen LogP contribution in [0.1, 0.15) is 31.4 Å². The van der Waals surface area contributed by atoms with Gasteiger partial charge in [-0.1, -0.05) is 11.6 Å². The second kappa shape index (κ2) is 6.68. The van der Waals surface area contributed by atoms with Gasteiger partial charge in [-0.25, -0.2) is 0 Å². The molecule has 1 aromatic heterocycles. The van der Waals surface area contributed by atoms with E-state index in [0.29, 0.717) is 37.1 Å². The smallest absolute Gasteiger partial charge is 0.226 e. The maximum absolute atomic E-state index is 11.8. The van der Waals surface area contributed by atoms with Gasteiger partial charge in [0, 0.05) is 31.6 Å². The number of aromatic nitrogens is 1. The molecule has 1 saturated carbocycles. The normalized spacial score (nSPS) is 15.5. The molecule has 0 atom stereocenters. The quantitative estimate of drug-likeness (QED) is 0.775. The Bertz CT molecular complexity index is 415. The van der Waals surface area contributed by atoms with Crippen LogP contribution >= 0.6 is 0 Å². The van der Waals surface area contributed by atoms with Crippen LogP contribution in [0.3, 0.4) is 0 Å². The molecule has 19 heavy (non-hydrogen) atoms. The average molecular weight is 267 g/mol. The molecule has 1 heterocycles. The average Bonchev–Trinajstić information content (AvgIpc) is 2.69. The van der Waals surface area contributed by atoms with Gasteiger partial charge >= 0.3 is 0 Å². The Labute approximate surface area is 112 Å². The third kappa shape index (κ3) is 4.04. The minimum Gasteiger partial charge on any atom is -0.395 e. The van der Waals surface area contributed by atoms with Gasteiger partial charge in [0.1, 0.15) is 5.76 Å². The summed E-state index contributed by atoms with van der Waals surface area (Å²) in [7, 11) is 0. The highest BCUT2D eigenvalue weighted by atomic mass is 16.5. The number of amides is 1. The standard InChI is InChI=1S/C13H21N3O3/c1-10-9-12(15-19-10)14-13(18)5-6-16(7-8-17)11-3-2-4-11/h9,11,17H,2-8H2,1H3,(H,14,15,18). The highest BCUT2D eigenvalue weighted by Crippen LogP contribution is 2.24. The van der Waals surface area contributed by atoms with E-state index in [1.807, 2.05) is 0 Å². The van der Waals surface area contributed by atoms with E-state index >= 15 is 0 Å². The molecule has 1 aliphatic carbocycles. The topological polar surface area (TPSA) is 78.6 Å². The summed E-state index contributed by atoms with van der Waals surface area (Å²) < 4.78 is 4.89. The van der Waals surface area contributed by atoms with E-state index in [9.17, 15) is 4.79 Å². The zero-order valence-electron chi connectivity index (χ0n) is 11.3. The van der Waals surface area contributed by atoms with Crippen molar-refractivity contribution in [3.63, 3.8) is 0 Å². The van der Waals surface area contributed by atoms with Gasteiger partial charge in [0.05, 0.1) is 6.61 Å². The second-order valence-electron chi connectivity index (χ2n) is 4.97. The number of nitrogens with one attached hydrogen (secondary N) is 1. The fourth-order valence-corrected chi connectivity index (χ4v) is 2.23. The molecule has 0 saturated heterocycles. The lowest BCUT2D eigenvalue weighted by Gasteiger charge is -2.37.